The smallest absolute Gasteiger partial charge is 0.241 e. The van der Waals surface area contributed by atoms with Crippen LogP contribution in [0, 0.1) is 6.92 Å². The van der Waals surface area contributed by atoms with E-state index >= 15 is 0 Å². The van der Waals surface area contributed by atoms with Crippen molar-refractivity contribution in [3.05, 3.63) is 42.6 Å². The van der Waals surface area contributed by atoms with E-state index in [1.54, 1.807) is 13.0 Å². The molecule has 11 nitrogen and oxygen atoms in total. The van der Waals surface area contributed by atoms with Gasteiger partial charge in [0, 0.05) is 5.56 Å². The first kappa shape index (κ1) is 18.4. The molecule has 0 unspecified atom stereocenters. The van der Waals surface area contributed by atoms with Crippen molar-refractivity contribution < 1.29 is 13.2 Å². The number of primary amides is 1. The fourth-order valence-electron chi connectivity index (χ4n) is 2.30. The quantitative estimate of drug-likeness (QED) is 0.501. The minimum Gasteiger partial charge on any atom is -0.381 e. The van der Waals surface area contributed by atoms with Crippen molar-refractivity contribution in [2.45, 2.75) is 11.8 Å². The number of hydrogen-bond donors (Lipinski definition) is 3. The number of hydrogen-bond acceptors (Lipinski definition) is 8. The molecule has 0 bridgehead atoms. The molecule has 0 fully saturated rings. The number of nitrogens with two attached hydrogens (primary N) is 2. The Morgan fingerprint density at radius 3 is 2.78 bits per heavy atom. The van der Waals surface area contributed by atoms with Crippen molar-refractivity contribution in [3.8, 4) is 17.1 Å². The van der Waals surface area contributed by atoms with Gasteiger partial charge in [-0.15, -0.1) is 0 Å². The molecule has 3 rings (SSSR count). The minimum absolute atomic E-state index is 0.0368. The van der Waals surface area contributed by atoms with Crippen molar-refractivity contribution in [1.29, 1.82) is 0 Å². The molecule has 140 valence electrons. The van der Waals surface area contributed by atoms with Gasteiger partial charge in [0.25, 0.3) is 0 Å². The van der Waals surface area contributed by atoms with E-state index in [0.717, 1.165) is 5.56 Å². The second-order valence-electron chi connectivity index (χ2n) is 5.57. The van der Waals surface area contributed by atoms with Crippen molar-refractivity contribution in [2.75, 3.05) is 12.3 Å². The van der Waals surface area contributed by atoms with Gasteiger partial charge in [-0.05, 0) is 24.6 Å². The average Bonchev–Trinajstić information content (AvgIpc) is 3.15. The van der Waals surface area contributed by atoms with Gasteiger partial charge in [-0.3, -0.25) is 4.79 Å². The van der Waals surface area contributed by atoms with Crippen molar-refractivity contribution in [3.63, 3.8) is 0 Å². The number of anilines is 1. The van der Waals surface area contributed by atoms with Gasteiger partial charge in [0.05, 0.1) is 23.3 Å². The van der Waals surface area contributed by atoms with Gasteiger partial charge in [0.1, 0.15) is 12.7 Å². The van der Waals surface area contributed by atoms with Gasteiger partial charge >= 0.3 is 0 Å². The lowest BCUT2D eigenvalue weighted by Crippen LogP contribution is -2.33. The van der Waals surface area contributed by atoms with Gasteiger partial charge in [-0.25, -0.2) is 28.1 Å². The van der Waals surface area contributed by atoms with Gasteiger partial charge in [0.15, 0.2) is 11.6 Å². The zero-order valence-electron chi connectivity index (χ0n) is 14.2. The van der Waals surface area contributed by atoms with Crippen LogP contribution in [0.1, 0.15) is 5.56 Å². The predicted molar refractivity (Wildman–Crippen MR) is 95.9 cm³/mol. The summed E-state index contributed by atoms with van der Waals surface area (Å²) < 4.78 is 28.2. The summed E-state index contributed by atoms with van der Waals surface area (Å²) in [6, 6.07) is 4.48. The van der Waals surface area contributed by atoms with Crippen LogP contribution in [-0.2, 0) is 14.8 Å². The van der Waals surface area contributed by atoms with E-state index in [0.29, 0.717) is 11.3 Å². The van der Waals surface area contributed by atoms with E-state index in [-0.39, 0.29) is 16.5 Å². The van der Waals surface area contributed by atoms with E-state index in [9.17, 15) is 13.2 Å². The molecule has 0 aliphatic carbocycles. The highest BCUT2D eigenvalue weighted by atomic mass is 32.2. The maximum Gasteiger partial charge on any atom is 0.241 e. The average molecular weight is 388 g/mol. The summed E-state index contributed by atoms with van der Waals surface area (Å²) in [4.78, 5) is 23.2. The predicted octanol–water partition coefficient (Wildman–Crippen LogP) is -0.621. The third kappa shape index (κ3) is 3.91. The largest absolute Gasteiger partial charge is 0.381 e. The zero-order valence-corrected chi connectivity index (χ0v) is 15.0. The molecule has 0 aliphatic rings. The molecule has 1 amide bonds. The summed E-state index contributed by atoms with van der Waals surface area (Å²) >= 11 is 0. The first-order valence-corrected chi connectivity index (χ1v) is 9.13. The Morgan fingerprint density at radius 2 is 2.11 bits per heavy atom. The Kier molecular flexibility index (Phi) is 4.83. The SMILES string of the molecule is Cc1ccc(S(=O)(=O)NCC(N)=O)cc1-c1cnc(N)c(-n2cncn2)n1. The fourth-order valence-corrected chi connectivity index (χ4v) is 3.32. The molecule has 0 saturated heterocycles. The Morgan fingerprint density at radius 1 is 1.33 bits per heavy atom. The summed E-state index contributed by atoms with van der Waals surface area (Å²) in [5.74, 6) is -0.369. The summed E-state index contributed by atoms with van der Waals surface area (Å²) in [5, 5.41) is 3.98. The number of nitrogens with zero attached hydrogens (tertiary/aromatic N) is 5. The highest BCUT2D eigenvalue weighted by Crippen LogP contribution is 2.26. The molecule has 2 aromatic heterocycles. The number of carbonyl (C=O) groups is 1. The third-order valence-corrected chi connectivity index (χ3v) is 5.05. The van der Waals surface area contributed by atoms with Crippen LogP contribution >= 0.6 is 0 Å². The maximum absolute atomic E-state index is 12.3. The molecule has 0 atom stereocenters. The topological polar surface area (TPSA) is 172 Å². The second kappa shape index (κ2) is 7.09. The standard InChI is InChI=1S/C15H16N8O3S/c1-9-2-3-10(27(25,26)21-6-13(16)24)4-11(9)12-5-19-14(17)15(22-12)23-8-18-7-20-23/h2-5,7-8,21H,6H2,1H3,(H2,16,24)(H2,17,19). The summed E-state index contributed by atoms with van der Waals surface area (Å²) in [7, 11) is -3.92. The first-order chi connectivity index (χ1) is 12.8. The van der Waals surface area contributed by atoms with Crippen LogP contribution < -0.4 is 16.2 Å². The monoisotopic (exact) mass is 388 g/mol. The molecule has 2 heterocycles. The summed E-state index contributed by atoms with van der Waals surface area (Å²) in [6.07, 6.45) is 4.19. The van der Waals surface area contributed by atoms with Gasteiger partial charge < -0.3 is 11.5 Å². The summed E-state index contributed by atoms with van der Waals surface area (Å²) in [5.41, 5.74) is 12.5. The fraction of sp³-hybridized carbons (Fsp3) is 0.133. The zero-order chi connectivity index (χ0) is 19.6. The highest BCUT2D eigenvalue weighted by molar-refractivity contribution is 7.89. The summed E-state index contributed by atoms with van der Waals surface area (Å²) in [6.45, 7) is 1.30. The number of rotatable bonds is 6. The lowest BCUT2D eigenvalue weighted by Gasteiger charge is -2.11. The number of sulfonamides is 1. The molecule has 27 heavy (non-hydrogen) atoms. The number of aryl methyl sites for hydroxylation is 1. The van der Waals surface area contributed by atoms with Crippen LogP contribution in [0.25, 0.3) is 17.1 Å². The number of aromatic nitrogens is 5. The van der Waals surface area contributed by atoms with Gasteiger partial charge in [-0.1, -0.05) is 6.07 Å². The van der Waals surface area contributed by atoms with E-state index < -0.39 is 22.5 Å². The van der Waals surface area contributed by atoms with Crippen molar-refractivity contribution >= 4 is 21.7 Å². The molecule has 3 aromatic rings. The van der Waals surface area contributed by atoms with E-state index in [2.05, 4.69) is 24.8 Å². The van der Waals surface area contributed by atoms with Crippen LogP contribution in [0.15, 0.2) is 41.9 Å². The molecule has 0 radical (unpaired) electrons. The van der Waals surface area contributed by atoms with Gasteiger partial charge in [0.2, 0.25) is 15.9 Å². The van der Waals surface area contributed by atoms with Gasteiger partial charge in [-0.2, -0.15) is 9.78 Å². The van der Waals surface area contributed by atoms with E-state index in [1.165, 1.54) is 35.7 Å². The van der Waals surface area contributed by atoms with Crippen LogP contribution in [-0.4, -0.2) is 45.6 Å². The number of nitrogen functional groups attached to an aromatic ring is 1. The molecule has 0 saturated carbocycles. The highest BCUT2D eigenvalue weighted by Gasteiger charge is 2.18. The lowest BCUT2D eigenvalue weighted by atomic mass is 10.1. The first-order valence-electron chi connectivity index (χ1n) is 7.64. The van der Waals surface area contributed by atoms with Crippen molar-refractivity contribution in [2.24, 2.45) is 5.73 Å². The van der Waals surface area contributed by atoms with E-state index in [1.807, 2.05) is 0 Å². The number of benzene rings is 1. The Labute approximate surface area is 154 Å². The number of nitrogens with one attached hydrogen (secondary N) is 1. The van der Waals surface area contributed by atoms with Crippen LogP contribution in [0.4, 0.5) is 5.82 Å². The van der Waals surface area contributed by atoms with Crippen LogP contribution in [0.2, 0.25) is 0 Å². The van der Waals surface area contributed by atoms with Crippen LogP contribution in [0.5, 0.6) is 0 Å². The Bertz CT molecular complexity index is 1100. The molecule has 1 aromatic carbocycles. The molecular weight excluding hydrogens is 372 g/mol. The minimum atomic E-state index is -3.92. The molecular formula is C15H16N8O3S. The Hall–Kier alpha value is -3.38. The molecule has 12 heteroatoms. The molecule has 0 spiro atoms. The van der Waals surface area contributed by atoms with Crippen molar-refractivity contribution in [1.82, 2.24) is 29.5 Å². The van der Waals surface area contributed by atoms with Crippen LogP contribution in [0.3, 0.4) is 0 Å². The third-order valence-electron chi connectivity index (χ3n) is 3.65. The number of amides is 1. The van der Waals surface area contributed by atoms with E-state index in [4.69, 9.17) is 11.5 Å². The molecule has 5 N–H and O–H groups in total. The Balaban J connectivity index is 2.05. The molecule has 0 aliphatic heterocycles. The lowest BCUT2D eigenvalue weighted by molar-refractivity contribution is -0.116. The normalized spacial score (nSPS) is 11.4. The maximum atomic E-state index is 12.3. The second-order valence-corrected chi connectivity index (χ2v) is 7.34. The number of carbonyl (C=O) groups excluding carboxylic acids is 1.